The molecular formula is C21H25N5O. The Kier molecular flexibility index (Phi) is 5.05. The Morgan fingerprint density at radius 1 is 1.19 bits per heavy atom. The molecule has 0 unspecified atom stereocenters. The third-order valence-electron chi connectivity index (χ3n) is 5.26. The van der Waals surface area contributed by atoms with Crippen molar-refractivity contribution in [2.75, 3.05) is 7.05 Å². The number of aromatic nitrogens is 4. The topological polar surface area (TPSA) is 66.8 Å². The van der Waals surface area contributed by atoms with Crippen LogP contribution in [0.15, 0.2) is 42.7 Å². The van der Waals surface area contributed by atoms with Gasteiger partial charge in [-0.05, 0) is 31.2 Å². The normalized spacial score (nSPS) is 13.8. The van der Waals surface area contributed by atoms with Gasteiger partial charge in [0.25, 0.3) is 0 Å². The number of carbonyl (C=O) groups is 1. The molecule has 1 aliphatic carbocycles. The monoisotopic (exact) mass is 363 g/mol. The van der Waals surface area contributed by atoms with Crippen LogP contribution in [-0.2, 0) is 30.7 Å². The molecule has 0 atom stereocenters. The van der Waals surface area contributed by atoms with Gasteiger partial charge >= 0.3 is 0 Å². The smallest absolute Gasteiger partial charge is 0.242 e. The molecule has 0 aliphatic heterocycles. The summed E-state index contributed by atoms with van der Waals surface area (Å²) in [5, 5.41) is 7.67. The second kappa shape index (κ2) is 7.78. The van der Waals surface area contributed by atoms with Gasteiger partial charge in [-0.15, -0.1) is 0 Å². The van der Waals surface area contributed by atoms with E-state index in [9.17, 15) is 4.79 Å². The first kappa shape index (κ1) is 17.5. The number of carbonyl (C=O) groups excluding carboxylic acids is 1. The van der Waals surface area contributed by atoms with E-state index >= 15 is 0 Å². The van der Waals surface area contributed by atoms with E-state index in [1.165, 1.54) is 30.5 Å². The zero-order valence-electron chi connectivity index (χ0n) is 15.7. The van der Waals surface area contributed by atoms with Crippen molar-refractivity contribution < 1.29 is 4.79 Å². The minimum absolute atomic E-state index is 0.0514. The van der Waals surface area contributed by atoms with E-state index in [4.69, 9.17) is 0 Å². The van der Waals surface area contributed by atoms with Gasteiger partial charge in [0.1, 0.15) is 12.4 Å². The number of benzene rings is 1. The molecule has 2 heterocycles. The lowest BCUT2D eigenvalue weighted by Crippen LogP contribution is -2.30. The van der Waals surface area contributed by atoms with Crippen LogP contribution in [0.25, 0.3) is 11.4 Å². The summed E-state index contributed by atoms with van der Waals surface area (Å²) in [6.45, 7) is 0.813. The number of hydrogen-bond donors (Lipinski definition) is 1. The molecule has 1 aromatic carbocycles. The summed E-state index contributed by atoms with van der Waals surface area (Å²) in [6.07, 6.45) is 9.40. The van der Waals surface area contributed by atoms with Crippen molar-refractivity contribution in [1.82, 2.24) is 24.6 Å². The standard InChI is InChI=1S/C21H25N5O/c1-25(14-19-17-10-6-3-7-11-18(17)23-24-19)20(27)15-26-13-12-22-21(26)16-8-4-2-5-9-16/h2,4-5,8-9,12-13H,3,6-7,10-11,14-15H2,1H3,(H,23,24). The quantitative estimate of drug-likeness (QED) is 0.708. The molecule has 6 nitrogen and oxygen atoms in total. The Balaban J connectivity index is 1.45. The number of H-pyrrole nitrogens is 1. The zero-order chi connectivity index (χ0) is 18.6. The number of nitrogens with zero attached hydrogens (tertiary/aromatic N) is 4. The minimum atomic E-state index is 0.0514. The van der Waals surface area contributed by atoms with E-state index in [-0.39, 0.29) is 12.5 Å². The van der Waals surface area contributed by atoms with Crippen LogP contribution < -0.4 is 0 Å². The van der Waals surface area contributed by atoms with E-state index in [0.29, 0.717) is 6.54 Å². The number of imidazole rings is 1. The molecule has 0 fully saturated rings. The van der Waals surface area contributed by atoms with Crippen LogP contribution >= 0.6 is 0 Å². The number of rotatable bonds is 5. The van der Waals surface area contributed by atoms with Crippen molar-refractivity contribution in [2.24, 2.45) is 0 Å². The summed E-state index contributed by atoms with van der Waals surface area (Å²) in [7, 11) is 1.85. The van der Waals surface area contributed by atoms with Crippen molar-refractivity contribution >= 4 is 5.91 Å². The predicted molar refractivity (Wildman–Crippen MR) is 104 cm³/mol. The third-order valence-corrected chi connectivity index (χ3v) is 5.26. The number of fused-ring (bicyclic) bond motifs is 1. The van der Waals surface area contributed by atoms with Crippen LogP contribution in [0.1, 0.15) is 36.2 Å². The SMILES string of the molecule is CN(Cc1n[nH]c2c1CCCCC2)C(=O)Cn1ccnc1-c1ccccc1. The lowest BCUT2D eigenvalue weighted by Gasteiger charge is -2.18. The summed E-state index contributed by atoms with van der Waals surface area (Å²) in [5.41, 5.74) is 4.59. The Morgan fingerprint density at radius 3 is 2.85 bits per heavy atom. The van der Waals surface area contributed by atoms with Crippen molar-refractivity contribution in [3.05, 3.63) is 59.7 Å². The average Bonchev–Trinajstić information content (AvgIpc) is 3.22. The van der Waals surface area contributed by atoms with Gasteiger partial charge in [-0.3, -0.25) is 9.89 Å². The third kappa shape index (κ3) is 3.79. The highest BCUT2D eigenvalue weighted by Gasteiger charge is 2.19. The highest BCUT2D eigenvalue weighted by atomic mass is 16.2. The van der Waals surface area contributed by atoms with Gasteiger partial charge in [0, 0.05) is 30.7 Å². The Morgan fingerprint density at radius 2 is 2.00 bits per heavy atom. The van der Waals surface area contributed by atoms with Gasteiger partial charge in [-0.25, -0.2) is 4.98 Å². The van der Waals surface area contributed by atoms with Crippen LogP contribution in [0.5, 0.6) is 0 Å². The fourth-order valence-corrected chi connectivity index (χ4v) is 3.72. The van der Waals surface area contributed by atoms with E-state index in [1.807, 2.05) is 48.1 Å². The molecule has 2 aromatic heterocycles. The molecule has 140 valence electrons. The predicted octanol–water partition coefficient (Wildman–Crippen LogP) is 3.20. The molecule has 1 aliphatic rings. The molecule has 3 aromatic rings. The van der Waals surface area contributed by atoms with Gasteiger partial charge in [0.2, 0.25) is 5.91 Å². The molecule has 1 N–H and O–H groups in total. The number of likely N-dealkylation sites (N-methyl/N-ethyl adjacent to an activating group) is 1. The summed E-state index contributed by atoms with van der Waals surface area (Å²) in [6, 6.07) is 9.94. The molecule has 1 amide bonds. The molecule has 0 saturated heterocycles. The van der Waals surface area contributed by atoms with E-state index in [1.54, 1.807) is 11.1 Å². The first-order valence-corrected chi connectivity index (χ1v) is 9.58. The van der Waals surface area contributed by atoms with E-state index in [0.717, 1.165) is 29.9 Å². The number of aryl methyl sites for hydroxylation is 1. The van der Waals surface area contributed by atoms with Gasteiger partial charge in [0.15, 0.2) is 0 Å². The van der Waals surface area contributed by atoms with Crippen LogP contribution in [0.3, 0.4) is 0 Å². The average molecular weight is 363 g/mol. The number of hydrogen-bond acceptors (Lipinski definition) is 3. The molecule has 0 radical (unpaired) electrons. The van der Waals surface area contributed by atoms with Crippen LogP contribution in [0.4, 0.5) is 0 Å². The lowest BCUT2D eigenvalue weighted by atomic mass is 10.1. The first-order valence-electron chi connectivity index (χ1n) is 9.58. The molecular weight excluding hydrogens is 338 g/mol. The Bertz CT molecular complexity index is 912. The molecule has 0 bridgehead atoms. The number of amides is 1. The lowest BCUT2D eigenvalue weighted by molar-refractivity contribution is -0.131. The Labute approximate surface area is 159 Å². The second-order valence-corrected chi connectivity index (χ2v) is 7.18. The summed E-state index contributed by atoms with van der Waals surface area (Å²) in [5.74, 6) is 0.863. The van der Waals surface area contributed by atoms with Crippen molar-refractivity contribution in [2.45, 2.75) is 45.2 Å². The van der Waals surface area contributed by atoms with Crippen molar-refractivity contribution in [3.63, 3.8) is 0 Å². The molecule has 0 spiro atoms. The van der Waals surface area contributed by atoms with Gasteiger partial charge < -0.3 is 9.47 Å². The van der Waals surface area contributed by atoms with Gasteiger partial charge in [0.05, 0.1) is 12.2 Å². The fourth-order valence-electron chi connectivity index (χ4n) is 3.72. The minimum Gasteiger partial charge on any atom is -0.338 e. The van der Waals surface area contributed by atoms with Crippen molar-refractivity contribution in [3.8, 4) is 11.4 Å². The zero-order valence-corrected chi connectivity index (χ0v) is 15.7. The molecule has 4 rings (SSSR count). The number of nitrogens with one attached hydrogen (secondary N) is 1. The second-order valence-electron chi connectivity index (χ2n) is 7.18. The van der Waals surface area contributed by atoms with Gasteiger partial charge in [-0.1, -0.05) is 36.8 Å². The maximum absolute atomic E-state index is 12.8. The molecule has 6 heteroatoms. The fraction of sp³-hybridized carbons (Fsp3) is 0.381. The van der Waals surface area contributed by atoms with Crippen molar-refractivity contribution in [1.29, 1.82) is 0 Å². The van der Waals surface area contributed by atoms with E-state index < -0.39 is 0 Å². The maximum atomic E-state index is 12.8. The first-order chi connectivity index (χ1) is 13.2. The summed E-state index contributed by atoms with van der Waals surface area (Å²) in [4.78, 5) is 19.0. The van der Waals surface area contributed by atoms with Crippen LogP contribution in [0, 0.1) is 0 Å². The van der Waals surface area contributed by atoms with Crippen LogP contribution in [-0.4, -0.2) is 37.6 Å². The Hall–Kier alpha value is -2.89. The van der Waals surface area contributed by atoms with Gasteiger partial charge in [-0.2, -0.15) is 5.10 Å². The van der Waals surface area contributed by atoms with Crippen LogP contribution in [0.2, 0.25) is 0 Å². The molecule has 0 saturated carbocycles. The van der Waals surface area contributed by atoms with E-state index in [2.05, 4.69) is 15.2 Å². The highest BCUT2D eigenvalue weighted by molar-refractivity contribution is 5.76. The molecule has 27 heavy (non-hydrogen) atoms. The number of aromatic amines is 1. The maximum Gasteiger partial charge on any atom is 0.242 e. The summed E-state index contributed by atoms with van der Waals surface area (Å²) < 4.78 is 1.90. The highest BCUT2D eigenvalue weighted by Crippen LogP contribution is 2.22. The summed E-state index contributed by atoms with van der Waals surface area (Å²) >= 11 is 0. The largest absolute Gasteiger partial charge is 0.338 e.